The number of aromatic nitrogens is 1. The van der Waals surface area contributed by atoms with Crippen molar-refractivity contribution in [1.29, 1.82) is 0 Å². The van der Waals surface area contributed by atoms with Gasteiger partial charge in [-0.1, -0.05) is 0 Å². The second-order valence-electron chi connectivity index (χ2n) is 5.04. The lowest BCUT2D eigenvalue weighted by molar-refractivity contribution is -0.131. The molecular weight excluding hydrogens is 270 g/mol. The Kier molecular flexibility index (Phi) is 5.54. The summed E-state index contributed by atoms with van der Waals surface area (Å²) in [4.78, 5) is 29.3. The van der Waals surface area contributed by atoms with Crippen molar-refractivity contribution in [3.8, 4) is 0 Å². The number of nitrogens with one attached hydrogen (secondary N) is 1. The molecule has 0 saturated carbocycles. The zero-order valence-corrected chi connectivity index (χ0v) is 12.3. The van der Waals surface area contributed by atoms with E-state index in [1.165, 1.54) is 13.5 Å². The van der Waals surface area contributed by atoms with Crippen molar-refractivity contribution < 1.29 is 14.3 Å². The van der Waals surface area contributed by atoms with E-state index in [1.807, 2.05) is 4.90 Å². The van der Waals surface area contributed by atoms with Crippen molar-refractivity contribution in [2.24, 2.45) is 0 Å². The lowest BCUT2D eigenvalue weighted by atomic mass is 10.1. The Balaban J connectivity index is 1.80. The van der Waals surface area contributed by atoms with Crippen LogP contribution in [0.25, 0.3) is 0 Å². The number of nitrogens with zero attached hydrogens (tertiary/aromatic N) is 2. The van der Waals surface area contributed by atoms with E-state index in [2.05, 4.69) is 15.0 Å². The average Bonchev–Trinajstić information content (AvgIpc) is 2.55. The van der Waals surface area contributed by atoms with Gasteiger partial charge in [0, 0.05) is 37.9 Å². The summed E-state index contributed by atoms with van der Waals surface area (Å²) in [5.41, 5.74) is 1.02. The second kappa shape index (κ2) is 7.61. The van der Waals surface area contributed by atoms with Gasteiger partial charge in [0.1, 0.15) is 5.69 Å². The molecule has 21 heavy (non-hydrogen) atoms. The molecule has 0 radical (unpaired) electrons. The van der Waals surface area contributed by atoms with Crippen LogP contribution in [0.5, 0.6) is 0 Å². The molecule has 114 valence electrons. The first-order valence-corrected chi connectivity index (χ1v) is 7.26. The molecule has 1 aliphatic heterocycles. The fourth-order valence-electron chi connectivity index (χ4n) is 2.37. The monoisotopic (exact) mass is 291 g/mol. The number of esters is 1. The van der Waals surface area contributed by atoms with E-state index in [-0.39, 0.29) is 11.6 Å². The van der Waals surface area contributed by atoms with E-state index in [9.17, 15) is 9.59 Å². The standard InChI is InChI=1S/C15H21N3O3/c1-21-15(20)13-11-12(5-7-17-13)16-8-6-14(19)18-9-3-2-4-10-18/h5,7,11H,2-4,6,8-10H2,1H3,(H,16,17). The third-order valence-electron chi connectivity index (χ3n) is 3.53. The Labute approximate surface area is 124 Å². The van der Waals surface area contributed by atoms with Gasteiger partial charge in [0.25, 0.3) is 0 Å². The van der Waals surface area contributed by atoms with Crippen molar-refractivity contribution in [2.45, 2.75) is 25.7 Å². The molecule has 0 bridgehead atoms. The summed E-state index contributed by atoms with van der Waals surface area (Å²) in [7, 11) is 1.32. The molecule has 2 heterocycles. The topological polar surface area (TPSA) is 71.5 Å². The van der Waals surface area contributed by atoms with Crippen LogP contribution in [0.4, 0.5) is 5.69 Å². The van der Waals surface area contributed by atoms with E-state index < -0.39 is 5.97 Å². The third-order valence-corrected chi connectivity index (χ3v) is 3.53. The minimum Gasteiger partial charge on any atom is -0.464 e. The van der Waals surface area contributed by atoms with Gasteiger partial charge < -0.3 is 15.0 Å². The Bertz CT molecular complexity index is 499. The average molecular weight is 291 g/mol. The van der Waals surface area contributed by atoms with Crippen molar-refractivity contribution in [2.75, 3.05) is 32.1 Å². The van der Waals surface area contributed by atoms with Crippen molar-refractivity contribution >= 4 is 17.6 Å². The number of hydrogen-bond acceptors (Lipinski definition) is 5. The molecule has 6 nitrogen and oxygen atoms in total. The van der Waals surface area contributed by atoms with Crippen molar-refractivity contribution in [3.05, 3.63) is 24.0 Å². The maximum atomic E-state index is 12.0. The van der Waals surface area contributed by atoms with Crippen LogP contribution < -0.4 is 5.32 Å². The van der Waals surface area contributed by atoms with Gasteiger partial charge in [-0.15, -0.1) is 0 Å². The number of carbonyl (C=O) groups is 2. The number of pyridine rings is 1. The minimum absolute atomic E-state index is 0.185. The number of methoxy groups -OCH3 is 1. The Morgan fingerprint density at radius 2 is 2.10 bits per heavy atom. The highest BCUT2D eigenvalue weighted by molar-refractivity contribution is 5.88. The van der Waals surface area contributed by atoms with Gasteiger partial charge in [0.15, 0.2) is 0 Å². The fraction of sp³-hybridized carbons (Fsp3) is 0.533. The van der Waals surface area contributed by atoms with E-state index in [1.54, 1.807) is 18.3 Å². The smallest absolute Gasteiger partial charge is 0.356 e. The molecule has 2 rings (SSSR count). The molecule has 0 aliphatic carbocycles. The van der Waals surface area contributed by atoms with Crippen LogP contribution in [0.2, 0.25) is 0 Å². The second-order valence-corrected chi connectivity index (χ2v) is 5.04. The number of ether oxygens (including phenoxy) is 1. The van der Waals surface area contributed by atoms with Crippen LogP contribution in [0.15, 0.2) is 18.3 Å². The quantitative estimate of drug-likeness (QED) is 0.836. The zero-order chi connectivity index (χ0) is 15.1. The number of anilines is 1. The molecule has 1 amide bonds. The molecule has 1 fully saturated rings. The molecule has 1 aromatic rings. The normalized spacial score (nSPS) is 14.6. The summed E-state index contributed by atoms with van der Waals surface area (Å²) >= 11 is 0. The van der Waals surface area contributed by atoms with Gasteiger partial charge in [0.05, 0.1) is 7.11 Å². The van der Waals surface area contributed by atoms with E-state index in [0.717, 1.165) is 31.6 Å². The van der Waals surface area contributed by atoms with E-state index >= 15 is 0 Å². The van der Waals surface area contributed by atoms with E-state index in [0.29, 0.717) is 13.0 Å². The Morgan fingerprint density at radius 3 is 2.81 bits per heavy atom. The summed E-state index contributed by atoms with van der Waals surface area (Å²) in [6, 6.07) is 3.38. The van der Waals surface area contributed by atoms with Gasteiger partial charge >= 0.3 is 5.97 Å². The van der Waals surface area contributed by atoms with Crippen LogP contribution in [0.1, 0.15) is 36.2 Å². The lowest BCUT2D eigenvalue weighted by Crippen LogP contribution is -2.36. The van der Waals surface area contributed by atoms with Gasteiger partial charge in [-0.25, -0.2) is 9.78 Å². The number of hydrogen-bond donors (Lipinski definition) is 1. The molecule has 0 atom stereocenters. The highest BCUT2D eigenvalue weighted by Gasteiger charge is 2.15. The first kappa shape index (κ1) is 15.3. The third kappa shape index (κ3) is 4.44. The largest absolute Gasteiger partial charge is 0.464 e. The lowest BCUT2D eigenvalue weighted by Gasteiger charge is -2.26. The van der Waals surface area contributed by atoms with Gasteiger partial charge in [0.2, 0.25) is 5.91 Å². The zero-order valence-electron chi connectivity index (χ0n) is 12.3. The van der Waals surface area contributed by atoms with Crippen LogP contribution in [0, 0.1) is 0 Å². The van der Waals surface area contributed by atoms with Crippen molar-refractivity contribution in [1.82, 2.24) is 9.88 Å². The summed E-state index contributed by atoms with van der Waals surface area (Å²) in [6.45, 7) is 2.29. The Morgan fingerprint density at radius 1 is 1.33 bits per heavy atom. The number of amides is 1. The number of rotatable bonds is 5. The fourth-order valence-corrected chi connectivity index (χ4v) is 2.37. The summed E-state index contributed by atoms with van der Waals surface area (Å²) in [5.74, 6) is -0.285. The molecule has 0 spiro atoms. The van der Waals surface area contributed by atoms with Gasteiger partial charge in [-0.3, -0.25) is 4.79 Å². The number of carbonyl (C=O) groups excluding carboxylic acids is 2. The van der Waals surface area contributed by atoms with Gasteiger partial charge in [-0.05, 0) is 31.4 Å². The van der Waals surface area contributed by atoms with Crippen LogP contribution >= 0.6 is 0 Å². The van der Waals surface area contributed by atoms with E-state index in [4.69, 9.17) is 0 Å². The molecular formula is C15H21N3O3. The van der Waals surface area contributed by atoms with Crippen molar-refractivity contribution in [3.63, 3.8) is 0 Å². The highest BCUT2D eigenvalue weighted by Crippen LogP contribution is 2.11. The SMILES string of the molecule is COC(=O)c1cc(NCCC(=O)N2CCCCC2)ccn1. The minimum atomic E-state index is -0.469. The predicted molar refractivity (Wildman–Crippen MR) is 79.1 cm³/mol. The molecule has 0 aromatic carbocycles. The molecule has 1 N–H and O–H groups in total. The predicted octanol–water partition coefficient (Wildman–Crippen LogP) is 1.68. The molecule has 1 saturated heterocycles. The van der Waals surface area contributed by atoms with Crippen LogP contribution in [-0.2, 0) is 9.53 Å². The summed E-state index contributed by atoms with van der Waals surface area (Å²) in [6.07, 6.45) is 5.42. The maximum absolute atomic E-state index is 12.0. The molecule has 6 heteroatoms. The summed E-state index contributed by atoms with van der Waals surface area (Å²) in [5, 5.41) is 3.14. The molecule has 1 aliphatic rings. The molecule has 0 unspecified atom stereocenters. The Hall–Kier alpha value is -2.11. The summed E-state index contributed by atoms with van der Waals surface area (Å²) < 4.78 is 4.62. The highest BCUT2D eigenvalue weighted by atomic mass is 16.5. The first-order chi connectivity index (χ1) is 10.2. The van der Waals surface area contributed by atoms with Gasteiger partial charge in [-0.2, -0.15) is 0 Å². The number of piperidine rings is 1. The number of likely N-dealkylation sites (tertiary alicyclic amines) is 1. The van der Waals surface area contributed by atoms with Crippen LogP contribution in [0.3, 0.4) is 0 Å². The maximum Gasteiger partial charge on any atom is 0.356 e. The molecule has 1 aromatic heterocycles. The van der Waals surface area contributed by atoms with Crippen LogP contribution in [-0.4, -0.2) is 48.5 Å². The first-order valence-electron chi connectivity index (χ1n) is 7.26.